The van der Waals surface area contributed by atoms with Crippen LogP contribution in [0.4, 0.5) is 17.6 Å². The van der Waals surface area contributed by atoms with Gasteiger partial charge in [-0.2, -0.15) is 18.3 Å². The van der Waals surface area contributed by atoms with E-state index in [2.05, 4.69) is 10.4 Å². The highest BCUT2D eigenvalue weighted by Gasteiger charge is 2.38. The van der Waals surface area contributed by atoms with Crippen molar-refractivity contribution in [3.05, 3.63) is 53.3 Å². The Bertz CT molecular complexity index is 835. The van der Waals surface area contributed by atoms with E-state index in [-0.39, 0.29) is 24.9 Å². The van der Waals surface area contributed by atoms with Crippen LogP contribution in [0.5, 0.6) is 0 Å². The number of hydrogen-bond acceptors (Lipinski definition) is 3. The number of carbonyl (C=O) groups excluding carboxylic acids is 1. The fourth-order valence-corrected chi connectivity index (χ4v) is 3.48. The fourth-order valence-electron chi connectivity index (χ4n) is 3.48. The van der Waals surface area contributed by atoms with Crippen molar-refractivity contribution in [2.24, 2.45) is 11.7 Å². The minimum absolute atomic E-state index is 0.0109. The molecule has 0 bridgehead atoms. The van der Waals surface area contributed by atoms with E-state index in [1.54, 1.807) is 24.3 Å². The van der Waals surface area contributed by atoms with Crippen molar-refractivity contribution in [2.45, 2.75) is 37.7 Å². The molecular formula is C19H22F4N4O. The molecule has 1 aromatic heterocycles. The zero-order valence-corrected chi connectivity index (χ0v) is 15.2. The molecule has 152 valence electrons. The number of hydrogen-bond donors (Lipinski definition) is 2. The number of amides is 1. The van der Waals surface area contributed by atoms with E-state index >= 15 is 0 Å². The fraction of sp³-hybridized carbons (Fsp3) is 0.474. The summed E-state index contributed by atoms with van der Waals surface area (Å²) < 4.78 is 53.2. The Morgan fingerprint density at radius 1 is 1.36 bits per heavy atom. The number of nitrogens with two attached hydrogens (primary N) is 1. The van der Waals surface area contributed by atoms with Gasteiger partial charge < -0.3 is 11.1 Å². The maximum atomic E-state index is 14.2. The molecule has 1 aliphatic carbocycles. The lowest BCUT2D eigenvalue weighted by Crippen LogP contribution is -2.32. The first kappa shape index (κ1) is 20.3. The van der Waals surface area contributed by atoms with Gasteiger partial charge in [-0.15, -0.1) is 0 Å². The molecule has 1 fully saturated rings. The summed E-state index contributed by atoms with van der Waals surface area (Å²) in [6, 6.07) is 7.51. The smallest absolute Gasteiger partial charge is 0.352 e. The van der Waals surface area contributed by atoms with Gasteiger partial charge in [0, 0.05) is 24.8 Å². The highest BCUT2D eigenvalue weighted by molar-refractivity contribution is 5.94. The predicted octanol–water partition coefficient (Wildman–Crippen LogP) is 3.15. The molecule has 2 atom stereocenters. The molecule has 2 aromatic rings. The highest BCUT2D eigenvalue weighted by atomic mass is 19.4. The van der Waals surface area contributed by atoms with Gasteiger partial charge in [0.25, 0.3) is 5.91 Å². The average Bonchev–Trinajstić information content (AvgIpc) is 3.27. The van der Waals surface area contributed by atoms with Crippen LogP contribution < -0.4 is 11.1 Å². The molecule has 0 radical (unpaired) electrons. The molecular weight excluding hydrogens is 376 g/mol. The molecule has 1 heterocycles. The first-order valence-electron chi connectivity index (χ1n) is 9.05. The summed E-state index contributed by atoms with van der Waals surface area (Å²) in [6.45, 7) is 0.465. The van der Waals surface area contributed by atoms with Crippen LogP contribution in [0.25, 0.3) is 0 Å². The van der Waals surface area contributed by atoms with Crippen molar-refractivity contribution >= 4 is 5.91 Å². The van der Waals surface area contributed by atoms with Crippen molar-refractivity contribution in [1.29, 1.82) is 0 Å². The lowest BCUT2D eigenvalue weighted by atomic mass is 10.0. The molecule has 1 saturated carbocycles. The number of rotatable bonds is 6. The first-order valence-corrected chi connectivity index (χ1v) is 9.05. The van der Waals surface area contributed by atoms with E-state index in [1.165, 1.54) is 10.9 Å². The number of nitrogens with one attached hydrogen (secondary N) is 1. The molecule has 1 amide bonds. The minimum atomic E-state index is -4.49. The molecule has 0 aliphatic heterocycles. The SMILES string of the molecule is NC[C@@]1(F)CC[C@H](CNC(=O)c2cccc(Cn3ccc(C(F)(F)F)n3)c2)C1. The maximum Gasteiger partial charge on any atom is 0.435 e. The van der Waals surface area contributed by atoms with Gasteiger partial charge in [0.1, 0.15) is 5.67 Å². The third-order valence-electron chi connectivity index (χ3n) is 5.04. The quantitative estimate of drug-likeness (QED) is 0.735. The summed E-state index contributed by atoms with van der Waals surface area (Å²) in [5.41, 5.74) is 4.19. The Morgan fingerprint density at radius 3 is 2.79 bits per heavy atom. The van der Waals surface area contributed by atoms with Gasteiger partial charge in [0.15, 0.2) is 5.69 Å². The van der Waals surface area contributed by atoms with Gasteiger partial charge in [-0.1, -0.05) is 12.1 Å². The van der Waals surface area contributed by atoms with Gasteiger partial charge in [-0.05, 0) is 48.9 Å². The Kier molecular flexibility index (Phi) is 5.74. The van der Waals surface area contributed by atoms with Crippen molar-refractivity contribution in [2.75, 3.05) is 13.1 Å². The zero-order valence-electron chi connectivity index (χ0n) is 15.2. The topological polar surface area (TPSA) is 72.9 Å². The van der Waals surface area contributed by atoms with Gasteiger partial charge >= 0.3 is 6.18 Å². The Labute approximate surface area is 159 Å². The van der Waals surface area contributed by atoms with Crippen LogP contribution in [0.1, 0.15) is 40.9 Å². The van der Waals surface area contributed by atoms with Crippen LogP contribution in [0.2, 0.25) is 0 Å². The summed E-state index contributed by atoms with van der Waals surface area (Å²) >= 11 is 0. The van der Waals surface area contributed by atoms with Crippen molar-refractivity contribution in [1.82, 2.24) is 15.1 Å². The summed E-state index contributed by atoms with van der Waals surface area (Å²) in [4.78, 5) is 12.4. The molecule has 0 unspecified atom stereocenters. The van der Waals surface area contributed by atoms with Crippen LogP contribution >= 0.6 is 0 Å². The number of halogens is 4. The van der Waals surface area contributed by atoms with E-state index in [4.69, 9.17) is 5.73 Å². The Hall–Kier alpha value is -2.42. The van der Waals surface area contributed by atoms with E-state index in [9.17, 15) is 22.4 Å². The van der Waals surface area contributed by atoms with E-state index in [0.29, 0.717) is 36.9 Å². The van der Waals surface area contributed by atoms with Gasteiger partial charge in [0.05, 0.1) is 6.54 Å². The molecule has 5 nitrogen and oxygen atoms in total. The van der Waals surface area contributed by atoms with Gasteiger partial charge in [-0.25, -0.2) is 4.39 Å². The van der Waals surface area contributed by atoms with Crippen molar-refractivity contribution < 1.29 is 22.4 Å². The van der Waals surface area contributed by atoms with Crippen LogP contribution in [0.15, 0.2) is 36.5 Å². The molecule has 1 aliphatic rings. The second-order valence-corrected chi connectivity index (χ2v) is 7.27. The molecule has 0 saturated heterocycles. The van der Waals surface area contributed by atoms with Crippen LogP contribution in [0.3, 0.4) is 0 Å². The molecule has 28 heavy (non-hydrogen) atoms. The normalized spacial score (nSPS) is 22.4. The minimum Gasteiger partial charge on any atom is -0.352 e. The summed E-state index contributed by atoms with van der Waals surface area (Å²) in [5.74, 6) is -0.257. The van der Waals surface area contributed by atoms with Crippen LogP contribution in [-0.4, -0.2) is 34.4 Å². The van der Waals surface area contributed by atoms with Gasteiger partial charge in [0.2, 0.25) is 0 Å². The molecule has 1 aromatic carbocycles. The summed E-state index contributed by atoms with van der Waals surface area (Å²) in [5, 5.41) is 6.31. The lowest BCUT2D eigenvalue weighted by molar-refractivity contribution is -0.141. The number of benzene rings is 1. The molecule has 3 N–H and O–H groups in total. The molecule has 0 spiro atoms. The lowest BCUT2D eigenvalue weighted by Gasteiger charge is -2.17. The van der Waals surface area contributed by atoms with E-state index < -0.39 is 17.5 Å². The number of nitrogens with zero attached hydrogens (tertiary/aromatic N) is 2. The molecule has 3 rings (SSSR count). The second-order valence-electron chi connectivity index (χ2n) is 7.27. The molecule has 9 heteroatoms. The number of carbonyl (C=O) groups is 1. The monoisotopic (exact) mass is 398 g/mol. The van der Waals surface area contributed by atoms with Crippen molar-refractivity contribution in [3.63, 3.8) is 0 Å². The average molecular weight is 398 g/mol. The Morgan fingerprint density at radius 2 is 2.14 bits per heavy atom. The largest absolute Gasteiger partial charge is 0.435 e. The second kappa shape index (κ2) is 7.90. The van der Waals surface area contributed by atoms with E-state index in [1.807, 2.05) is 0 Å². The Balaban J connectivity index is 1.58. The summed E-state index contributed by atoms with van der Waals surface area (Å²) in [7, 11) is 0. The third kappa shape index (κ3) is 4.89. The maximum absolute atomic E-state index is 14.2. The number of aromatic nitrogens is 2. The third-order valence-corrected chi connectivity index (χ3v) is 5.04. The van der Waals surface area contributed by atoms with Crippen LogP contribution in [-0.2, 0) is 12.7 Å². The first-order chi connectivity index (χ1) is 13.2. The van der Waals surface area contributed by atoms with Gasteiger partial charge in [-0.3, -0.25) is 9.48 Å². The highest BCUT2D eigenvalue weighted by Crippen LogP contribution is 2.36. The van der Waals surface area contributed by atoms with Crippen molar-refractivity contribution in [3.8, 4) is 0 Å². The summed E-state index contributed by atoms with van der Waals surface area (Å²) in [6.07, 6.45) is -1.83. The predicted molar refractivity (Wildman–Crippen MR) is 95.3 cm³/mol. The van der Waals surface area contributed by atoms with E-state index in [0.717, 1.165) is 6.07 Å². The van der Waals surface area contributed by atoms with Crippen LogP contribution in [0, 0.1) is 5.92 Å². The zero-order chi connectivity index (χ0) is 20.4. The standard InChI is InChI=1S/C19H22F4N4O/c20-18(12-24)6-4-14(9-18)10-25-17(28)15-3-1-2-13(8-15)11-27-7-5-16(26-27)19(21,22)23/h1-3,5,7-8,14H,4,6,9-12,24H2,(H,25,28)/t14-,18+/m0/s1. The number of alkyl halides is 4.